The van der Waals surface area contributed by atoms with E-state index in [4.69, 9.17) is 9.07 Å². The van der Waals surface area contributed by atoms with E-state index in [-0.39, 0.29) is 3.69 Å². The summed E-state index contributed by atoms with van der Waals surface area (Å²) in [6.07, 6.45) is -4.27. The topological polar surface area (TPSA) is 0 Å². The fraction of sp³-hybridized carbons (Fsp3) is 0.143. The van der Waals surface area contributed by atoms with Crippen molar-refractivity contribution < 1.29 is 13.2 Å². The Hall–Kier alpha value is 0.0662. The van der Waals surface area contributed by atoms with E-state index in [0.29, 0.717) is 0 Å². The fourth-order valence-corrected chi connectivity index (χ4v) is 2.30. The molecule has 1 aromatic carbocycles. The lowest BCUT2D eigenvalue weighted by Crippen LogP contribution is -2.22. The highest BCUT2D eigenvalue weighted by Gasteiger charge is 2.32. The lowest BCUT2D eigenvalue weighted by Gasteiger charge is -2.10. The summed E-state index contributed by atoms with van der Waals surface area (Å²) in [5.41, 5.74) is -0.591. The number of alkyl halides is 3. The van der Waals surface area contributed by atoms with Crippen LogP contribution in [0.5, 0.6) is 0 Å². The van der Waals surface area contributed by atoms with Crippen molar-refractivity contribution in [1.29, 1.82) is 0 Å². The van der Waals surface area contributed by atoms with Gasteiger partial charge in [0.2, 0.25) is 0 Å². The van der Waals surface area contributed by atoms with E-state index in [9.17, 15) is 13.2 Å². The molecule has 12 heavy (non-hydrogen) atoms. The first-order chi connectivity index (χ1) is 5.55. The molecule has 0 aliphatic carbocycles. The number of hydrogen-bond donors (Lipinski definition) is 0. The first-order valence-electron chi connectivity index (χ1n) is 3.27. The number of halogens is 4. The van der Waals surface area contributed by atoms with Crippen molar-refractivity contribution in [2.45, 2.75) is 6.18 Å². The van der Waals surface area contributed by atoms with Crippen molar-refractivity contribution in [2.75, 3.05) is 0 Å². The Morgan fingerprint density at radius 2 is 1.75 bits per heavy atom. The molecule has 0 aliphatic rings. The second kappa shape index (κ2) is 3.85. The molecular weight excluding hydrogens is 201 g/mol. The Kier molecular flexibility index (Phi) is 3.26. The summed E-state index contributed by atoms with van der Waals surface area (Å²) in [7, 11) is 5.48. The smallest absolute Gasteiger partial charge is 0.336 e. The van der Waals surface area contributed by atoms with Gasteiger partial charge in [-0.2, -0.15) is 13.2 Å². The third-order valence-electron chi connectivity index (χ3n) is 1.47. The highest BCUT2D eigenvalue weighted by Crippen LogP contribution is 2.27. The summed E-state index contributed by atoms with van der Waals surface area (Å²) in [5, 5.41) is 0. The van der Waals surface area contributed by atoms with Gasteiger partial charge in [-0.25, -0.2) is 0 Å². The van der Waals surface area contributed by atoms with Gasteiger partial charge in [-0.3, -0.25) is 0 Å². The van der Waals surface area contributed by atoms with Gasteiger partial charge >= 0.3 is 25.4 Å². The Labute approximate surface area is 81.2 Å². The molecule has 62 valence electrons. The number of rotatable bonds is 1. The van der Waals surface area contributed by atoms with Crippen LogP contribution < -0.4 is 3.69 Å². The molecule has 1 aromatic rings. The summed E-state index contributed by atoms with van der Waals surface area (Å²) in [6, 6.07) is 5.43. The second-order valence-electron chi connectivity index (χ2n) is 2.29. The molecule has 0 saturated heterocycles. The van der Waals surface area contributed by atoms with Crippen molar-refractivity contribution in [3.8, 4) is 0 Å². The number of hydrogen-bond acceptors (Lipinski definition) is 0. The highest BCUT2D eigenvalue weighted by molar-refractivity contribution is 7.01. The molecule has 0 heterocycles. The van der Waals surface area contributed by atoms with Gasteiger partial charge in [0.15, 0.2) is 0 Å². The first kappa shape index (κ1) is 10.1. The average molecular weight is 205 g/mol. The normalized spacial score (nSPS) is 11.0. The maximum atomic E-state index is 12.2. The zero-order valence-corrected chi connectivity index (χ0v) is 8.20. The van der Waals surface area contributed by atoms with Crippen molar-refractivity contribution in [3.05, 3.63) is 29.8 Å². The molecule has 0 N–H and O–H groups in total. The Morgan fingerprint density at radius 1 is 1.17 bits per heavy atom. The van der Waals surface area contributed by atoms with Gasteiger partial charge in [0.25, 0.3) is 0 Å². The maximum absolute atomic E-state index is 12.2. The first-order valence-corrected chi connectivity index (χ1v) is 6.11. The van der Waals surface area contributed by atoms with Crippen molar-refractivity contribution >= 4 is 32.0 Å². The maximum Gasteiger partial charge on any atom is 0.539 e. The van der Waals surface area contributed by atoms with Crippen LogP contribution in [0, 0.1) is 0 Å². The molecule has 0 amide bonds. The molecule has 0 unspecified atom stereocenters. The third kappa shape index (κ3) is 2.28. The van der Waals surface area contributed by atoms with E-state index in [2.05, 4.69) is 0 Å². The summed E-state index contributed by atoms with van der Waals surface area (Å²) in [4.78, 5) is 0. The van der Waals surface area contributed by atoms with Crippen LogP contribution in [-0.4, -0.2) is 19.3 Å². The van der Waals surface area contributed by atoms with Gasteiger partial charge in [0.05, 0.1) is 0 Å². The fourth-order valence-electron chi connectivity index (χ4n) is 0.913. The summed E-state index contributed by atoms with van der Waals surface area (Å²) in [5.74, 6) is 0. The Morgan fingerprint density at radius 3 is 2.17 bits per heavy atom. The minimum absolute atomic E-state index is 0.256. The summed E-state index contributed by atoms with van der Waals surface area (Å²) >= 11 is -1.27. The van der Waals surface area contributed by atoms with Gasteiger partial charge in [-0.15, -0.1) is 3.69 Å². The molecule has 0 aromatic heterocycles. The van der Waals surface area contributed by atoms with Crippen LogP contribution in [0.25, 0.3) is 0 Å². The van der Waals surface area contributed by atoms with Gasteiger partial charge in [0, 0.05) is 5.56 Å². The molecule has 0 saturated carbocycles. The zero-order valence-electron chi connectivity index (χ0n) is 6.03. The number of benzene rings is 1. The summed E-state index contributed by atoms with van der Waals surface area (Å²) < 4.78 is 36.9. The monoisotopic (exact) mass is 204 g/mol. The molecule has 0 radical (unpaired) electrons. The van der Waals surface area contributed by atoms with Crippen molar-refractivity contribution in [1.82, 2.24) is 0 Å². The van der Waals surface area contributed by atoms with Gasteiger partial charge in [-0.05, 0) is 0 Å². The molecule has 0 bridgehead atoms. The lowest BCUT2D eigenvalue weighted by atomic mass is 10.2. The van der Waals surface area contributed by atoms with Crippen LogP contribution in [0.4, 0.5) is 13.2 Å². The largest absolute Gasteiger partial charge is 0.539 e. The molecule has 5 heteroatoms. The van der Waals surface area contributed by atoms with E-state index in [0.717, 1.165) is 6.07 Å². The van der Waals surface area contributed by atoms with Gasteiger partial charge in [-0.1, -0.05) is 24.3 Å². The van der Waals surface area contributed by atoms with Crippen LogP contribution >= 0.6 is 9.07 Å². The van der Waals surface area contributed by atoms with Crippen molar-refractivity contribution in [2.24, 2.45) is 0 Å². The predicted octanol–water partition coefficient (Wildman–Crippen LogP) is 2.19. The molecule has 0 spiro atoms. The molecular formula is C7H4ClF3Mg. The lowest BCUT2D eigenvalue weighted by molar-refractivity contribution is -0.136. The Bertz CT molecular complexity index is 272. The standard InChI is InChI=1S/C7H4F3.ClH.Mg/c8-7(9,10)6-4-2-1-3-5-6;;/h1-4H;1H;/q;;+1/p-1. The van der Waals surface area contributed by atoms with Crippen LogP contribution in [-0.2, 0) is 6.18 Å². The SMILES string of the molecule is FC(F)(F)c1cccc[c]1[Mg][Cl]. The predicted molar refractivity (Wildman–Crippen MR) is 42.7 cm³/mol. The minimum atomic E-state index is -4.27. The molecule has 0 nitrogen and oxygen atoms in total. The molecule has 0 atom stereocenters. The van der Waals surface area contributed by atoms with Crippen LogP contribution in [0.15, 0.2) is 24.3 Å². The quantitative estimate of drug-likeness (QED) is 0.616. The Balaban J connectivity index is 3.14. The molecule has 0 aliphatic heterocycles. The zero-order chi connectivity index (χ0) is 9.19. The van der Waals surface area contributed by atoms with Gasteiger partial charge in [0.1, 0.15) is 0 Å². The van der Waals surface area contributed by atoms with E-state index < -0.39 is 31.0 Å². The van der Waals surface area contributed by atoms with E-state index in [1.54, 1.807) is 6.07 Å². The van der Waals surface area contributed by atoms with E-state index >= 15 is 0 Å². The highest BCUT2D eigenvalue weighted by atomic mass is 35.5. The minimum Gasteiger partial charge on any atom is -0.336 e. The second-order valence-corrected chi connectivity index (χ2v) is 4.12. The van der Waals surface area contributed by atoms with Crippen LogP contribution in [0.2, 0.25) is 0 Å². The van der Waals surface area contributed by atoms with E-state index in [1.165, 1.54) is 12.1 Å². The third-order valence-corrected chi connectivity index (χ3v) is 3.24. The molecule has 0 fully saturated rings. The van der Waals surface area contributed by atoms with Crippen LogP contribution in [0.1, 0.15) is 5.56 Å². The van der Waals surface area contributed by atoms with E-state index in [1.807, 2.05) is 0 Å². The summed E-state index contributed by atoms with van der Waals surface area (Å²) in [6.45, 7) is 0. The average Bonchev–Trinajstić information content (AvgIpc) is 2.03. The van der Waals surface area contributed by atoms with Gasteiger partial charge < -0.3 is 9.07 Å². The van der Waals surface area contributed by atoms with Crippen molar-refractivity contribution in [3.63, 3.8) is 0 Å². The molecule has 1 rings (SSSR count). The van der Waals surface area contributed by atoms with Crippen LogP contribution in [0.3, 0.4) is 0 Å².